The van der Waals surface area contributed by atoms with Gasteiger partial charge in [-0.05, 0) is 19.1 Å². The normalized spacial score (nSPS) is 13.1. The monoisotopic (exact) mass is 284 g/mol. The lowest BCUT2D eigenvalue weighted by molar-refractivity contribution is -0.385. The molecule has 0 bridgehead atoms. The average Bonchev–Trinajstić information content (AvgIpc) is 2.89. The minimum Gasteiger partial charge on any atom is -0.328 e. The topological polar surface area (TPSA) is 89.2 Å². The Kier molecular flexibility index (Phi) is 3.09. The van der Waals surface area contributed by atoms with E-state index < -0.39 is 4.92 Å². The largest absolute Gasteiger partial charge is 0.328 e. The number of nitrogens with zero attached hydrogens (tertiary/aromatic N) is 4. The van der Waals surface area contributed by atoms with E-state index in [-0.39, 0.29) is 11.6 Å². The van der Waals surface area contributed by atoms with E-state index in [4.69, 9.17) is 0 Å². The van der Waals surface area contributed by atoms with Crippen molar-refractivity contribution in [3.8, 4) is 0 Å². The zero-order valence-electron chi connectivity index (χ0n) is 11.3. The minimum absolute atomic E-state index is 0.0159. The summed E-state index contributed by atoms with van der Waals surface area (Å²) in [5.41, 5.74) is 2.71. The summed E-state index contributed by atoms with van der Waals surface area (Å²) >= 11 is 0. The van der Waals surface area contributed by atoms with Crippen LogP contribution in [0.15, 0.2) is 30.7 Å². The Balaban J connectivity index is 1.84. The summed E-state index contributed by atoms with van der Waals surface area (Å²) < 4.78 is 0. The Bertz CT molecular complexity index is 720. The molecule has 0 aliphatic carbocycles. The molecule has 1 aliphatic rings. The summed E-state index contributed by atoms with van der Waals surface area (Å²) in [4.78, 5) is 32.5. The van der Waals surface area contributed by atoms with Gasteiger partial charge in [0.1, 0.15) is 6.33 Å². The number of aryl methyl sites for hydroxylation is 1. The molecule has 0 unspecified atom stereocenters. The minimum atomic E-state index is -0.453. The maximum absolute atomic E-state index is 12.5. The molecule has 0 spiro atoms. The SMILES string of the molecule is Cc1cc(C(=O)N2Cc3cncnc3C2)ccc1[N+](=O)[O-]. The summed E-state index contributed by atoms with van der Waals surface area (Å²) in [6.45, 7) is 2.52. The zero-order valence-corrected chi connectivity index (χ0v) is 11.3. The molecule has 1 aliphatic heterocycles. The van der Waals surface area contributed by atoms with E-state index in [9.17, 15) is 14.9 Å². The number of nitro groups is 1. The van der Waals surface area contributed by atoms with Crippen LogP contribution in [0.1, 0.15) is 27.2 Å². The molecule has 0 radical (unpaired) electrons. The highest BCUT2D eigenvalue weighted by molar-refractivity contribution is 5.95. The molecule has 0 atom stereocenters. The van der Waals surface area contributed by atoms with Gasteiger partial charge in [0.05, 0.1) is 17.2 Å². The second kappa shape index (κ2) is 4.93. The first-order valence-corrected chi connectivity index (χ1v) is 6.38. The summed E-state index contributed by atoms with van der Waals surface area (Å²) in [6.07, 6.45) is 3.17. The standard InChI is InChI=1S/C14H12N4O3/c1-9-4-10(2-3-13(9)18(20)21)14(19)17-6-11-5-15-8-16-12(11)7-17/h2-5,8H,6-7H2,1H3. The van der Waals surface area contributed by atoms with Gasteiger partial charge in [-0.25, -0.2) is 9.97 Å². The van der Waals surface area contributed by atoms with Gasteiger partial charge in [-0.2, -0.15) is 0 Å². The van der Waals surface area contributed by atoms with Gasteiger partial charge in [-0.1, -0.05) is 0 Å². The zero-order chi connectivity index (χ0) is 15.0. The maximum atomic E-state index is 12.5. The summed E-state index contributed by atoms with van der Waals surface area (Å²) in [5.74, 6) is -0.161. The van der Waals surface area contributed by atoms with Gasteiger partial charge in [0.15, 0.2) is 0 Å². The van der Waals surface area contributed by atoms with Gasteiger partial charge in [-0.3, -0.25) is 14.9 Å². The lowest BCUT2D eigenvalue weighted by Crippen LogP contribution is -2.25. The number of aromatic nitrogens is 2. The highest BCUT2D eigenvalue weighted by atomic mass is 16.6. The van der Waals surface area contributed by atoms with Crippen molar-refractivity contribution in [3.63, 3.8) is 0 Å². The Hall–Kier alpha value is -2.83. The first kappa shape index (κ1) is 13.2. The van der Waals surface area contributed by atoms with Crippen molar-refractivity contribution >= 4 is 11.6 Å². The molecule has 106 valence electrons. The maximum Gasteiger partial charge on any atom is 0.272 e. The number of amides is 1. The number of rotatable bonds is 2. The number of nitro benzene ring substituents is 1. The fraction of sp³-hybridized carbons (Fsp3) is 0.214. The molecule has 2 aromatic rings. The van der Waals surface area contributed by atoms with Crippen molar-refractivity contribution in [1.82, 2.24) is 14.9 Å². The Morgan fingerprint density at radius 1 is 1.38 bits per heavy atom. The van der Waals surface area contributed by atoms with Crippen LogP contribution >= 0.6 is 0 Å². The molecule has 1 aromatic heterocycles. The molecular formula is C14H12N4O3. The summed E-state index contributed by atoms with van der Waals surface area (Å²) in [6, 6.07) is 4.41. The number of benzene rings is 1. The van der Waals surface area contributed by atoms with Crippen LogP contribution in [0.5, 0.6) is 0 Å². The molecule has 1 amide bonds. The van der Waals surface area contributed by atoms with Crippen LogP contribution in [0.3, 0.4) is 0 Å². The molecule has 7 nitrogen and oxygen atoms in total. The first-order valence-electron chi connectivity index (χ1n) is 6.38. The van der Waals surface area contributed by atoms with E-state index >= 15 is 0 Å². The van der Waals surface area contributed by atoms with Crippen LogP contribution in [0, 0.1) is 17.0 Å². The van der Waals surface area contributed by atoms with Gasteiger partial charge < -0.3 is 4.90 Å². The quantitative estimate of drug-likeness (QED) is 0.620. The molecule has 3 rings (SSSR count). The van der Waals surface area contributed by atoms with Crippen LogP contribution in [0.2, 0.25) is 0 Å². The second-order valence-corrected chi connectivity index (χ2v) is 4.91. The third-order valence-corrected chi connectivity index (χ3v) is 3.51. The number of hydrogen-bond donors (Lipinski definition) is 0. The first-order chi connectivity index (χ1) is 10.1. The Labute approximate surface area is 120 Å². The van der Waals surface area contributed by atoms with E-state index in [1.165, 1.54) is 18.5 Å². The van der Waals surface area contributed by atoms with Crippen molar-refractivity contribution in [2.75, 3.05) is 0 Å². The predicted molar refractivity (Wildman–Crippen MR) is 73.4 cm³/mol. The highest BCUT2D eigenvalue weighted by Crippen LogP contribution is 2.24. The third-order valence-electron chi connectivity index (χ3n) is 3.51. The molecule has 0 N–H and O–H groups in total. The van der Waals surface area contributed by atoms with E-state index in [2.05, 4.69) is 9.97 Å². The average molecular weight is 284 g/mol. The lowest BCUT2D eigenvalue weighted by atomic mass is 10.1. The molecule has 0 saturated heterocycles. The third kappa shape index (κ3) is 2.33. The van der Waals surface area contributed by atoms with Crippen molar-refractivity contribution in [1.29, 1.82) is 0 Å². The molecule has 2 heterocycles. The Morgan fingerprint density at radius 3 is 2.86 bits per heavy atom. The van der Waals surface area contributed by atoms with E-state index in [1.54, 1.807) is 24.1 Å². The smallest absolute Gasteiger partial charge is 0.272 e. The lowest BCUT2D eigenvalue weighted by Gasteiger charge is -2.15. The number of carbonyl (C=O) groups is 1. The van der Waals surface area contributed by atoms with Gasteiger partial charge in [0, 0.05) is 35.5 Å². The predicted octanol–water partition coefficient (Wildman–Crippen LogP) is 1.85. The van der Waals surface area contributed by atoms with E-state index in [1.807, 2.05) is 0 Å². The Morgan fingerprint density at radius 2 is 2.19 bits per heavy atom. The van der Waals surface area contributed by atoms with Crippen molar-refractivity contribution in [2.45, 2.75) is 20.0 Å². The molecule has 1 aromatic carbocycles. The van der Waals surface area contributed by atoms with Crippen LogP contribution < -0.4 is 0 Å². The van der Waals surface area contributed by atoms with Gasteiger partial charge >= 0.3 is 0 Å². The van der Waals surface area contributed by atoms with Crippen molar-refractivity contribution < 1.29 is 9.72 Å². The van der Waals surface area contributed by atoms with Crippen LogP contribution in [0.4, 0.5) is 5.69 Å². The second-order valence-electron chi connectivity index (χ2n) is 4.91. The number of hydrogen-bond acceptors (Lipinski definition) is 5. The van der Waals surface area contributed by atoms with Crippen molar-refractivity contribution in [2.24, 2.45) is 0 Å². The number of carbonyl (C=O) groups excluding carboxylic acids is 1. The molecule has 0 fully saturated rings. The van der Waals surface area contributed by atoms with Crippen molar-refractivity contribution in [3.05, 3.63) is 63.2 Å². The molecule has 21 heavy (non-hydrogen) atoms. The fourth-order valence-corrected chi connectivity index (χ4v) is 2.42. The fourth-order valence-electron chi connectivity index (χ4n) is 2.42. The van der Waals surface area contributed by atoms with Crippen LogP contribution in [-0.2, 0) is 13.1 Å². The van der Waals surface area contributed by atoms with Gasteiger partial charge in [0.25, 0.3) is 11.6 Å². The molecular weight excluding hydrogens is 272 g/mol. The van der Waals surface area contributed by atoms with E-state index in [0.29, 0.717) is 24.2 Å². The highest BCUT2D eigenvalue weighted by Gasteiger charge is 2.26. The molecule has 0 saturated carbocycles. The number of fused-ring (bicyclic) bond motifs is 1. The molecule has 7 heteroatoms. The van der Waals surface area contributed by atoms with Gasteiger partial charge in [-0.15, -0.1) is 0 Å². The summed E-state index contributed by atoms with van der Waals surface area (Å²) in [7, 11) is 0. The van der Waals surface area contributed by atoms with Gasteiger partial charge in [0.2, 0.25) is 0 Å². The summed E-state index contributed by atoms with van der Waals surface area (Å²) in [5, 5.41) is 10.8. The van der Waals surface area contributed by atoms with Crippen LogP contribution in [0.25, 0.3) is 0 Å². The van der Waals surface area contributed by atoms with Crippen LogP contribution in [-0.4, -0.2) is 25.7 Å². The van der Waals surface area contributed by atoms with E-state index in [0.717, 1.165) is 11.3 Å².